The zero-order valence-corrected chi connectivity index (χ0v) is 5.71. The number of nitrogens with two attached hydrogens (primary N) is 1. The average molecular weight is 157 g/mol. The van der Waals surface area contributed by atoms with Crippen LogP contribution in [-0.2, 0) is 6.54 Å². The van der Waals surface area contributed by atoms with Crippen LogP contribution < -0.4 is 5.73 Å². The normalized spacial score (nSPS) is 10.0. The van der Waals surface area contributed by atoms with Crippen molar-refractivity contribution < 1.29 is 14.6 Å². The summed E-state index contributed by atoms with van der Waals surface area (Å²) in [7, 11) is 0. The van der Waals surface area contributed by atoms with Crippen molar-refractivity contribution >= 4 is 0 Å². The van der Waals surface area contributed by atoms with Crippen molar-refractivity contribution in [3.63, 3.8) is 0 Å². The number of halogens is 1. The van der Waals surface area contributed by atoms with E-state index >= 15 is 0 Å². The van der Waals surface area contributed by atoms with Crippen molar-refractivity contribution in [3.8, 4) is 11.5 Å². The molecule has 0 aliphatic heterocycles. The van der Waals surface area contributed by atoms with Crippen LogP contribution in [0.4, 0.5) is 4.39 Å². The standard InChI is InChI=1S/C7H8FNO2/c8-5-2-7(11)6(10)1-4(5)3-9/h1-2,10-11H,3,9H2. The third-order valence-electron chi connectivity index (χ3n) is 1.36. The molecule has 0 aromatic heterocycles. The second-order valence-corrected chi connectivity index (χ2v) is 2.14. The molecule has 0 unspecified atom stereocenters. The fourth-order valence-corrected chi connectivity index (χ4v) is 0.751. The van der Waals surface area contributed by atoms with Crippen LogP contribution in [0.2, 0.25) is 0 Å². The van der Waals surface area contributed by atoms with Gasteiger partial charge in [-0.3, -0.25) is 0 Å². The number of phenols is 2. The maximum atomic E-state index is 12.7. The van der Waals surface area contributed by atoms with Crippen molar-refractivity contribution in [3.05, 3.63) is 23.5 Å². The summed E-state index contributed by atoms with van der Waals surface area (Å²) in [5, 5.41) is 17.7. The van der Waals surface area contributed by atoms with Crippen LogP contribution in [-0.4, -0.2) is 10.2 Å². The third-order valence-corrected chi connectivity index (χ3v) is 1.36. The topological polar surface area (TPSA) is 66.5 Å². The zero-order valence-electron chi connectivity index (χ0n) is 5.71. The van der Waals surface area contributed by atoms with Gasteiger partial charge in [-0.25, -0.2) is 4.39 Å². The highest BCUT2D eigenvalue weighted by molar-refractivity contribution is 5.41. The van der Waals surface area contributed by atoms with Gasteiger partial charge in [-0.05, 0) is 6.07 Å². The van der Waals surface area contributed by atoms with Gasteiger partial charge in [0.05, 0.1) is 0 Å². The second-order valence-electron chi connectivity index (χ2n) is 2.14. The Morgan fingerprint density at radius 1 is 1.27 bits per heavy atom. The van der Waals surface area contributed by atoms with Gasteiger partial charge in [0.25, 0.3) is 0 Å². The third kappa shape index (κ3) is 1.40. The van der Waals surface area contributed by atoms with E-state index in [1.54, 1.807) is 0 Å². The van der Waals surface area contributed by atoms with Gasteiger partial charge in [0, 0.05) is 18.2 Å². The lowest BCUT2D eigenvalue weighted by Gasteiger charge is -2.01. The smallest absolute Gasteiger partial charge is 0.160 e. The largest absolute Gasteiger partial charge is 0.504 e. The molecule has 0 spiro atoms. The molecule has 0 heterocycles. The van der Waals surface area contributed by atoms with E-state index < -0.39 is 11.6 Å². The number of rotatable bonds is 1. The van der Waals surface area contributed by atoms with Gasteiger partial charge in [-0.1, -0.05) is 0 Å². The first-order valence-electron chi connectivity index (χ1n) is 3.05. The Morgan fingerprint density at radius 2 is 1.82 bits per heavy atom. The number of hydrogen-bond acceptors (Lipinski definition) is 3. The summed E-state index contributed by atoms with van der Waals surface area (Å²) in [4.78, 5) is 0. The fraction of sp³-hybridized carbons (Fsp3) is 0.143. The number of hydrogen-bond donors (Lipinski definition) is 3. The molecule has 1 aromatic rings. The molecular weight excluding hydrogens is 149 g/mol. The van der Waals surface area contributed by atoms with Crippen LogP contribution in [0.15, 0.2) is 12.1 Å². The number of benzene rings is 1. The van der Waals surface area contributed by atoms with Gasteiger partial charge in [0.15, 0.2) is 11.5 Å². The molecule has 4 heteroatoms. The molecule has 0 aliphatic rings. The Hall–Kier alpha value is -1.29. The predicted molar refractivity (Wildman–Crippen MR) is 37.6 cm³/mol. The lowest BCUT2D eigenvalue weighted by molar-refractivity contribution is 0.398. The molecule has 11 heavy (non-hydrogen) atoms. The lowest BCUT2D eigenvalue weighted by atomic mass is 10.2. The molecule has 0 bridgehead atoms. The molecule has 60 valence electrons. The van der Waals surface area contributed by atoms with Crippen LogP contribution >= 0.6 is 0 Å². The van der Waals surface area contributed by atoms with E-state index in [2.05, 4.69) is 0 Å². The Morgan fingerprint density at radius 3 is 2.36 bits per heavy atom. The van der Waals surface area contributed by atoms with E-state index in [-0.39, 0.29) is 17.9 Å². The molecule has 0 saturated carbocycles. The highest BCUT2D eigenvalue weighted by Gasteiger charge is 2.05. The van der Waals surface area contributed by atoms with Gasteiger partial charge in [-0.2, -0.15) is 0 Å². The lowest BCUT2D eigenvalue weighted by Crippen LogP contribution is -1.99. The van der Waals surface area contributed by atoms with Gasteiger partial charge in [-0.15, -0.1) is 0 Å². The Bertz CT molecular complexity index is 275. The molecule has 4 N–H and O–H groups in total. The molecule has 0 amide bonds. The molecule has 1 aromatic carbocycles. The van der Waals surface area contributed by atoms with Crippen molar-refractivity contribution in [2.45, 2.75) is 6.54 Å². The summed E-state index contributed by atoms with van der Waals surface area (Å²) < 4.78 is 12.7. The summed E-state index contributed by atoms with van der Waals surface area (Å²) in [6.45, 7) is -0.000324. The van der Waals surface area contributed by atoms with Crippen molar-refractivity contribution in [2.75, 3.05) is 0 Å². The quantitative estimate of drug-likeness (QED) is 0.525. The van der Waals surface area contributed by atoms with Gasteiger partial charge in [0.1, 0.15) is 5.82 Å². The average Bonchev–Trinajstić information content (AvgIpc) is 1.97. The predicted octanol–water partition coefficient (Wildman–Crippen LogP) is 0.696. The van der Waals surface area contributed by atoms with E-state index in [0.717, 1.165) is 12.1 Å². The van der Waals surface area contributed by atoms with Crippen molar-refractivity contribution in [1.29, 1.82) is 0 Å². The van der Waals surface area contributed by atoms with Crippen LogP contribution in [0.25, 0.3) is 0 Å². The monoisotopic (exact) mass is 157 g/mol. The number of aromatic hydroxyl groups is 2. The van der Waals surface area contributed by atoms with Gasteiger partial charge >= 0.3 is 0 Å². The molecule has 0 aliphatic carbocycles. The molecule has 1 rings (SSSR count). The maximum absolute atomic E-state index is 12.7. The van der Waals surface area contributed by atoms with E-state index in [9.17, 15) is 4.39 Å². The first-order valence-corrected chi connectivity index (χ1v) is 3.05. The molecule has 3 nitrogen and oxygen atoms in total. The van der Waals surface area contributed by atoms with Crippen LogP contribution in [0.5, 0.6) is 11.5 Å². The SMILES string of the molecule is NCc1cc(O)c(O)cc1F. The summed E-state index contributed by atoms with van der Waals surface area (Å²) in [5.74, 6) is -1.44. The Labute approximate surface area is 62.9 Å². The van der Waals surface area contributed by atoms with Crippen LogP contribution in [0.3, 0.4) is 0 Å². The van der Waals surface area contributed by atoms with E-state index in [1.807, 2.05) is 0 Å². The van der Waals surface area contributed by atoms with Crippen molar-refractivity contribution in [1.82, 2.24) is 0 Å². The minimum atomic E-state index is -0.609. The second kappa shape index (κ2) is 2.75. The summed E-state index contributed by atoms with van der Waals surface area (Å²) in [6.07, 6.45) is 0. The minimum Gasteiger partial charge on any atom is -0.504 e. The summed E-state index contributed by atoms with van der Waals surface area (Å²) in [5.41, 5.74) is 5.32. The Kier molecular flexibility index (Phi) is 1.96. The van der Waals surface area contributed by atoms with Crippen LogP contribution in [0.1, 0.15) is 5.56 Å². The first-order chi connectivity index (χ1) is 5.15. The molecule has 0 fully saturated rings. The molecule has 0 saturated heterocycles. The maximum Gasteiger partial charge on any atom is 0.160 e. The number of phenolic OH excluding ortho intramolecular Hbond substituents is 2. The zero-order chi connectivity index (χ0) is 8.43. The molecule has 0 atom stereocenters. The highest BCUT2D eigenvalue weighted by Crippen LogP contribution is 2.26. The van der Waals surface area contributed by atoms with Gasteiger partial charge < -0.3 is 15.9 Å². The first kappa shape index (κ1) is 7.81. The fourth-order valence-electron chi connectivity index (χ4n) is 0.751. The Balaban J connectivity index is 3.21. The summed E-state index contributed by atoms with van der Waals surface area (Å²) >= 11 is 0. The van der Waals surface area contributed by atoms with Crippen molar-refractivity contribution in [2.24, 2.45) is 5.73 Å². The molecular formula is C7H8FNO2. The van der Waals surface area contributed by atoms with Gasteiger partial charge in [0.2, 0.25) is 0 Å². The summed E-state index contributed by atoms with van der Waals surface area (Å²) in [6, 6.07) is 1.93. The molecule has 0 radical (unpaired) electrons. The van der Waals surface area contributed by atoms with Crippen LogP contribution in [0, 0.1) is 5.82 Å². The highest BCUT2D eigenvalue weighted by atomic mass is 19.1. The van der Waals surface area contributed by atoms with E-state index in [1.165, 1.54) is 0 Å². The van der Waals surface area contributed by atoms with E-state index in [0.29, 0.717) is 0 Å². The minimum absolute atomic E-state index is 0.000324. The van der Waals surface area contributed by atoms with E-state index in [4.69, 9.17) is 15.9 Å².